The number of hydrogen-bond acceptors (Lipinski definition) is 4. The van der Waals surface area contributed by atoms with Gasteiger partial charge in [0.2, 0.25) is 0 Å². The molecule has 1 atom stereocenters. The predicted molar refractivity (Wildman–Crippen MR) is 84.2 cm³/mol. The predicted octanol–water partition coefficient (Wildman–Crippen LogP) is 3.28. The van der Waals surface area contributed by atoms with Crippen LogP contribution in [0, 0.1) is 0 Å². The van der Waals surface area contributed by atoms with Crippen LogP contribution in [0.15, 0.2) is 40.9 Å². The molecule has 4 nitrogen and oxygen atoms in total. The minimum absolute atomic E-state index is 0.249. The van der Waals surface area contributed by atoms with E-state index in [1.165, 1.54) is 0 Å². The lowest BCUT2D eigenvalue weighted by Gasteiger charge is -2.22. The van der Waals surface area contributed by atoms with E-state index < -0.39 is 0 Å². The Morgan fingerprint density at radius 1 is 1.10 bits per heavy atom. The zero-order chi connectivity index (χ0) is 14.8. The Kier molecular flexibility index (Phi) is 4.03. The van der Waals surface area contributed by atoms with Gasteiger partial charge in [0.15, 0.2) is 11.5 Å². The van der Waals surface area contributed by atoms with Gasteiger partial charge >= 0.3 is 0 Å². The normalized spacial score (nSPS) is 14.6. The van der Waals surface area contributed by atoms with Crippen LogP contribution in [0.25, 0.3) is 0 Å². The summed E-state index contributed by atoms with van der Waals surface area (Å²) in [5, 5.41) is 0. The molecule has 0 spiro atoms. The molecule has 110 valence electrons. The second kappa shape index (κ2) is 5.95. The number of nitrogens with two attached hydrogens (primary N) is 1. The smallest absolute Gasteiger partial charge is 0.162 e. The van der Waals surface area contributed by atoms with Crippen molar-refractivity contribution in [2.75, 3.05) is 20.3 Å². The lowest BCUT2D eigenvalue weighted by Crippen LogP contribution is -2.17. The summed E-state index contributed by atoms with van der Waals surface area (Å²) in [4.78, 5) is 0. The molecular formula is C16H16BrNO3. The van der Waals surface area contributed by atoms with Gasteiger partial charge < -0.3 is 19.9 Å². The minimum Gasteiger partial charge on any atom is -0.497 e. The van der Waals surface area contributed by atoms with Crippen LogP contribution in [0.3, 0.4) is 0 Å². The summed E-state index contributed by atoms with van der Waals surface area (Å²) in [7, 11) is 1.65. The number of fused-ring (bicyclic) bond motifs is 1. The fourth-order valence-corrected chi connectivity index (χ4v) is 2.88. The molecule has 0 radical (unpaired) electrons. The van der Waals surface area contributed by atoms with Gasteiger partial charge in [-0.05, 0) is 35.4 Å². The van der Waals surface area contributed by atoms with Gasteiger partial charge in [-0.3, -0.25) is 0 Å². The van der Waals surface area contributed by atoms with Gasteiger partial charge in [-0.1, -0.05) is 28.1 Å². The van der Waals surface area contributed by atoms with Crippen molar-refractivity contribution in [3.8, 4) is 17.2 Å². The molecule has 0 aromatic heterocycles. The highest BCUT2D eigenvalue weighted by molar-refractivity contribution is 9.10. The second-order valence-electron chi connectivity index (χ2n) is 4.77. The first-order chi connectivity index (χ1) is 10.2. The zero-order valence-electron chi connectivity index (χ0n) is 11.6. The molecule has 2 aromatic carbocycles. The number of methoxy groups -OCH3 is 1. The number of benzene rings is 2. The molecule has 0 aliphatic carbocycles. The largest absolute Gasteiger partial charge is 0.497 e. The molecule has 1 unspecified atom stereocenters. The molecule has 5 heteroatoms. The Hall–Kier alpha value is -1.72. The van der Waals surface area contributed by atoms with E-state index in [-0.39, 0.29) is 6.04 Å². The molecule has 0 saturated carbocycles. The van der Waals surface area contributed by atoms with E-state index in [1.807, 2.05) is 36.4 Å². The van der Waals surface area contributed by atoms with Crippen LogP contribution in [-0.2, 0) is 0 Å². The quantitative estimate of drug-likeness (QED) is 0.923. The van der Waals surface area contributed by atoms with Gasteiger partial charge in [-0.25, -0.2) is 0 Å². The number of hydrogen-bond donors (Lipinski definition) is 1. The van der Waals surface area contributed by atoms with Crippen molar-refractivity contribution in [3.05, 3.63) is 52.0 Å². The van der Waals surface area contributed by atoms with Crippen molar-refractivity contribution in [1.29, 1.82) is 0 Å². The van der Waals surface area contributed by atoms with E-state index in [2.05, 4.69) is 15.9 Å². The Bertz CT molecular complexity index is 643. The maximum Gasteiger partial charge on any atom is 0.162 e. The molecule has 21 heavy (non-hydrogen) atoms. The summed E-state index contributed by atoms with van der Waals surface area (Å²) in [5.41, 5.74) is 8.34. The third-order valence-electron chi connectivity index (χ3n) is 3.47. The van der Waals surface area contributed by atoms with Crippen LogP contribution in [0.1, 0.15) is 17.2 Å². The Labute approximate surface area is 131 Å². The van der Waals surface area contributed by atoms with E-state index in [0.29, 0.717) is 13.2 Å². The Morgan fingerprint density at radius 3 is 2.33 bits per heavy atom. The summed E-state index contributed by atoms with van der Waals surface area (Å²) < 4.78 is 17.3. The summed E-state index contributed by atoms with van der Waals surface area (Å²) >= 11 is 3.56. The summed E-state index contributed by atoms with van der Waals surface area (Å²) in [6.45, 7) is 1.13. The highest BCUT2D eigenvalue weighted by Crippen LogP contribution is 2.38. The van der Waals surface area contributed by atoms with Crippen LogP contribution in [0.4, 0.5) is 0 Å². The van der Waals surface area contributed by atoms with Crippen molar-refractivity contribution in [2.45, 2.75) is 6.04 Å². The molecule has 1 aliphatic heterocycles. The van der Waals surface area contributed by atoms with Crippen LogP contribution in [0.2, 0.25) is 0 Å². The van der Waals surface area contributed by atoms with E-state index in [9.17, 15) is 0 Å². The van der Waals surface area contributed by atoms with Gasteiger partial charge in [0.1, 0.15) is 19.0 Å². The highest BCUT2D eigenvalue weighted by atomic mass is 79.9. The molecule has 0 saturated heterocycles. The molecule has 1 heterocycles. The Balaban J connectivity index is 1.94. The van der Waals surface area contributed by atoms with Crippen molar-refractivity contribution in [3.63, 3.8) is 0 Å². The van der Waals surface area contributed by atoms with Crippen LogP contribution in [0.5, 0.6) is 17.2 Å². The first-order valence-corrected chi connectivity index (χ1v) is 7.47. The topological polar surface area (TPSA) is 53.7 Å². The summed E-state index contributed by atoms with van der Waals surface area (Å²) in [6, 6.07) is 11.3. The highest BCUT2D eigenvalue weighted by Gasteiger charge is 2.19. The lowest BCUT2D eigenvalue weighted by molar-refractivity contribution is 0.171. The van der Waals surface area contributed by atoms with Gasteiger partial charge in [-0.15, -0.1) is 0 Å². The number of ether oxygens (including phenoxy) is 3. The SMILES string of the molecule is COc1ccc(C(N)c2cc3c(cc2Br)OCCO3)cc1. The molecule has 2 N–H and O–H groups in total. The van der Waals surface area contributed by atoms with Crippen LogP contribution >= 0.6 is 15.9 Å². The lowest BCUT2D eigenvalue weighted by atomic mass is 9.99. The molecule has 1 aliphatic rings. The fourth-order valence-electron chi connectivity index (χ4n) is 2.31. The monoisotopic (exact) mass is 349 g/mol. The van der Waals surface area contributed by atoms with Gasteiger partial charge in [0.05, 0.1) is 13.2 Å². The number of halogens is 1. The zero-order valence-corrected chi connectivity index (χ0v) is 13.2. The molecule has 0 fully saturated rings. The summed E-state index contributed by atoms with van der Waals surface area (Å²) in [5.74, 6) is 2.30. The van der Waals surface area contributed by atoms with Gasteiger partial charge in [-0.2, -0.15) is 0 Å². The minimum atomic E-state index is -0.249. The second-order valence-corrected chi connectivity index (χ2v) is 5.62. The van der Waals surface area contributed by atoms with Crippen LogP contribution < -0.4 is 19.9 Å². The van der Waals surface area contributed by atoms with E-state index in [0.717, 1.165) is 32.8 Å². The maximum absolute atomic E-state index is 6.37. The van der Waals surface area contributed by atoms with E-state index in [4.69, 9.17) is 19.9 Å². The van der Waals surface area contributed by atoms with Gasteiger partial charge in [0, 0.05) is 4.47 Å². The van der Waals surface area contributed by atoms with Crippen molar-refractivity contribution >= 4 is 15.9 Å². The molecule has 0 amide bonds. The van der Waals surface area contributed by atoms with E-state index >= 15 is 0 Å². The standard InChI is InChI=1S/C16H16BrNO3/c1-19-11-4-2-10(3-5-11)16(18)12-8-14-15(9-13(12)17)21-7-6-20-14/h2-5,8-9,16H,6-7,18H2,1H3. The average Bonchev–Trinajstić information content (AvgIpc) is 2.53. The summed E-state index contributed by atoms with van der Waals surface area (Å²) in [6.07, 6.45) is 0. The first-order valence-electron chi connectivity index (χ1n) is 6.67. The molecule has 2 aromatic rings. The molecule has 0 bridgehead atoms. The fraction of sp³-hybridized carbons (Fsp3) is 0.250. The maximum atomic E-state index is 6.37. The average molecular weight is 350 g/mol. The van der Waals surface area contributed by atoms with E-state index in [1.54, 1.807) is 7.11 Å². The van der Waals surface area contributed by atoms with Crippen LogP contribution in [-0.4, -0.2) is 20.3 Å². The van der Waals surface area contributed by atoms with Crippen molar-refractivity contribution < 1.29 is 14.2 Å². The van der Waals surface area contributed by atoms with Gasteiger partial charge in [0.25, 0.3) is 0 Å². The third kappa shape index (κ3) is 2.84. The molecular weight excluding hydrogens is 334 g/mol. The molecule has 3 rings (SSSR count). The van der Waals surface area contributed by atoms with Crippen molar-refractivity contribution in [1.82, 2.24) is 0 Å². The number of rotatable bonds is 3. The first kappa shape index (κ1) is 14.2. The third-order valence-corrected chi connectivity index (χ3v) is 4.16. The Morgan fingerprint density at radius 2 is 1.71 bits per heavy atom. The van der Waals surface area contributed by atoms with Crippen molar-refractivity contribution in [2.24, 2.45) is 5.73 Å².